The average molecular weight is 190 g/mol. The highest BCUT2D eigenvalue weighted by Gasteiger charge is 1.94. The molecule has 0 heterocycles. The van der Waals surface area contributed by atoms with Crippen molar-refractivity contribution in [2.75, 3.05) is 11.9 Å². The lowest BCUT2D eigenvalue weighted by Gasteiger charge is -2.06. The van der Waals surface area contributed by atoms with Crippen LogP contribution in [-0.2, 0) is 0 Å². The predicted octanol–water partition coefficient (Wildman–Crippen LogP) is 0.831. The van der Waals surface area contributed by atoms with E-state index in [0.29, 0.717) is 0 Å². The van der Waals surface area contributed by atoms with Crippen molar-refractivity contribution in [2.24, 2.45) is 0 Å². The Morgan fingerprint density at radius 1 is 1.17 bits per heavy atom. The highest BCUT2D eigenvalue weighted by Crippen LogP contribution is 2.03. The molecule has 0 aliphatic heterocycles. The van der Waals surface area contributed by atoms with Gasteiger partial charge in [0.15, 0.2) is 6.29 Å². The van der Waals surface area contributed by atoms with Gasteiger partial charge in [0.1, 0.15) is 0 Å². The van der Waals surface area contributed by atoms with Gasteiger partial charge >= 0.3 is 0 Å². The van der Waals surface area contributed by atoms with E-state index in [9.17, 15) is 0 Å². The quantitative estimate of drug-likeness (QED) is 0.618. The van der Waals surface area contributed by atoms with Crippen LogP contribution in [0.1, 0.15) is 0 Å². The fraction of sp³-hybridized carbons (Fsp3) is 0.250. The first-order valence-electron chi connectivity index (χ1n) is 3.44. The van der Waals surface area contributed by atoms with Crippen molar-refractivity contribution in [2.45, 2.75) is 6.29 Å². The third kappa shape index (κ3) is 4.18. The molecule has 1 aromatic carbocycles. The minimum absolute atomic E-state index is 0. The molecule has 0 unspecified atom stereocenters. The number of hydrogen-bond donors (Lipinski definition) is 3. The van der Waals surface area contributed by atoms with E-state index < -0.39 is 6.29 Å². The number of anilines is 1. The van der Waals surface area contributed by atoms with Crippen LogP contribution in [0.3, 0.4) is 0 Å². The third-order valence-corrected chi connectivity index (χ3v) is 1.26. The van der Waals surface area contributed by atoms with Crippen LogP contribution in [0.5, 0.6) is 0 Å². The van der Waals surface area contributed by atoms with Gasteiger partial charge in [-0.1, -0.05) is 18.2 Å². The molecule has 0 aliphatic rings. The summed E-state index contributed by atoms with van der Waals surface area (Å²) in [5.41, 5.74) is 0.889. The lowest BCUT2D eigenvalue weighted by molar-refractivity contribution is -0.0275. The molecule has 3 nitrogen and oxygen atoms in total. The van der Waals surface area contributed by atoms with Crippen molar-refractivity contribution < 1.29 is 10.2 Å². The second kappa shape index (κ2) is 5.83. The number of halogens is 1. The van der Waals surface area contributed by atoms with Gasteiger partial charge in [-0.25, -0.2) is 0 Å². The molecule has 3 N–H and O–H groups in total. The number of aliphatic hydroxyl groups is 2. The first-order valence-corrected chi connectivity index (χ1v) is 3.44. The fourth-order valence-corrected chi connectivity index (χ4v) is 0.765. The average Bonchev–Trinajstić information content (AvgIpc) is 2.03. The fourth-order valence-electron chi connectivity index (χ4n) is 0.765. The van der Waals surface area contributed by atoms with Gasteiger partial charge in [0.2, 0.25) is 0 Å². The van der Waals surface area contributed by atoms with Gasteiger partial charge in [0.25, 0.3) is 0 Å². The van der Waals surface area contributed by atoms with Gasteiger partial charge in [-0.05, 0) is 12.1 Å². The molecule has 0 spiro atoms. The SMILES string of the molecule is Cl.OC(O)CNc1ccccc1. The van der Waals surface area contributed by atoms with Crippen molar-refractivity contribution in [3.05, 3.63) is 30.3 Å². The Labute approximate surface area is 77.5 Å². The van der Waals surface area contributed by atoms with E-state index in [2.05, 4.69) is 5.32 Å². The van der Waals surface area contributed by atoms with Crippen molar-refractivity contribution in [1.29, 1.82) is 0 Å². The summed E-state index contributed by atoms with van der Waals surface area (Å²) in [5, 5.41) is 19.9. The molecule has 0 fully saturated rings. The van der Waals surface area contributed by atoms with Crippen molar-refractivity contribution in [1.82, 2.24) is 0 Å². The van der Waals surface area contributed by atoms with Gasteiger partial charge in [0.05, 0.1) is 6.54 Å². The van der Waals surface area contributed by atoms with Crippen molar-refractivity contribution >= 4 is 18.1 Å². The van der Waals surface area contributed by atoms with Crippen LogP contribution in [0.4, 0.5) is 5.69 Å². The molecule has 1 aromatic rings. The largest absolute Gasteiger partial charge is 0.380 e. The van der Waals surface area contributed by atoms with E-state index in [4.69, 9.17) is 10.2 Å². The van der Waals surface area contributed by atoms with Crippen LogP contribution in [0.15, 0.2) is 30.3 Å². The minimum atomic E-state index is -1.30. The van der Waals surface area contributed by atoms with Crippen LogP contribution in [-0.4, -0.2) is 23.0 Å². The first kappa shape index (κ1) is 11.2. The summed E-state index contributed by atoms with van der Waals surface area (Å²) >= 11 is 0. The summed E-state index contributed by atoms with van der Waals surface area (Å²) in [4.78, 5) is 0. The number of para-hydroxylation sites is 1. The number of rotatable bonds is 3. The maximum Gasteiger partial charge on any atom is 0.169 e. The number of nitrogens with one attached hydrogen (secondary N) is 1. The van der Waals surface area contributed by atoms with Gasteiger partial charge in [-0.15, -0.1) is 12.4 Å². The van der Waals surface area contributed by atoms with E-state index in [0.717, 1.165) is 5.69 Å². The van der Waals surface area contributed by atoms with Crippen LogP contribution < -0.4 is 5.32 Å². The maximum atomic E-state index is 8.51. The Balaban J connectivity index is 0.00000121. The summed E-state index contributed by atoms with van der Waals surface area (Å²) in [6.07, 6.45) is -1.30. The van der Waals surface area contributed by atoms with Gasteiger partial charge < -0.3 is 15.5 Å². The lowest BCUT2D eigenvalue weighted by atomic mass is 10.3. The summed E-state index contributed by atoms with van der Waals surface area (Å²) in [6.45, 7) is 0.157. The molecule has 12 heavy (non-hydrogen) atoms. The molecule has 0 aliphatic carbocycles. The van der Waals surface area contributed by atoms with E-state index in [1.54, 1.807) is 0 Å². The Hall–Kier alpha value is -0.770. The first-order chi connectivity index (χ1) is 5.29. The number of hydrogen-bond acceptors (Lipinski definition) is 3. The second-order valence-corrected chi connectivity index (χ2v) is 2.23. The molecule has 0 atom stereocenters. The molecule has 0 amide bonds. The third-order valence-electron chi connectivity index (χ3n) is 1.26. The van der Waals surface area contributed by atoms with Crippen LogP contribution in [0.2, 0.25) is 0 Å². The topological polar surface area (TPSA) is 52.5 Å². The van der Waals surface area contributed by atoms with Gasteiger partial charge in [-0.3, -0.25) is 0 Å². The molecule has 1 rings (SSSR count). The monoisotopic (exact) mass is 189 g/mol. The van der Waals surface area contributed by atoms with E-state index in [-0.39, 0.29) is 19.0 Å². The predicted molar refractivity (Wildman–Crippen MR) is 50.4 cm³/mol. The Kier molecular flexibility index (Phi) is 5.45. The van der Waals surface area contributed by atoms with Crippen LogP contribution >= 0.6 is 12.4 Å². The van der Waals surface area contributed by atoms with Gasteiger partial charge in [0, 0.05) is 5.69 Å². The standard InChI is InChI=1S/C8H11NO2.ClH/c10-8(11)6-9-7-4-2-1-3-5-7;/h1-5,8-11H,6H2;1H. The van der Waals surface area contributed by atoms with Crippen molar-refractivity contribution in [3.63, 3.8) is 0 Å². The molecule has 4 heteroatoms. The zero-order chi connectivity index (χ0) is 8.10. The lowest BCUT2D eigenvalue weighted by Crippen LogP contribution is -2.17. The van der Waals surface area contributed by atoms with Crippen molar-refractivity contribution in [3.8, 4) is 0 Å². The Morgan fingerprint density at radius 3 is 2.25 bits per heavy atom. The molecular weight excluding hydrogens is 178 g/mol. The summed E-state index contributed by atoms with van der Waals surface area (Å²) in [6, 6.07) is 9.39. The highest BCUT2D eigenvalue weighted by molar-refractivity contribution is 5.85. The molecule has 68 valence electrons. The van der Waals surface area contributed by atoms with Crippen LogP contribution in [0, 0.1) is 0 Å². The molecule has 0 saturated heterocycles. The summed E-state index contributed by atoms with van der Waals surface area (Å²) in [5.74, 6) is 0. The Bertz CT molecular complexity index is 203. The molecular formula is C8H12ClNO2. The van der Waals surface area contributed by atoms with E-state index >= 15 is 0 Å². The summed E-state index contributed by atoms with van der Waals surface area (Å²) in [7, 11) is 0. The van der Waals surface area contributed by atoms with Crippen LogP contribution in [0.25, 0.3) is 0 Å². The normalized spacial score (nSPS) is 9.25. The smallest absolute Gasteiger partial charge is 0.169 e. The van der Waals surface area contributed by atoms with Gasteiger partial charge in [-0.2, -0.15) is 0 Å². The number of benzene rings is 1. The second-order valence-electron chi connectivity index (χ2n) is 2.23. The maximum absolute atomic E-state index is 8.51. The Morgan fingerprint density at radius 2 is 1.75 bits per heavy atom. The minimum Gasteiger partial charge on any atom is -0.380 e. The molecule has 0 radical (unpaired) electrons. The summed E-state index contributed by atoms with van der Waals surface area (Å²) < 4.78 is 0. The highest BCUT2D eigenvalue weighted by atomic mass is 35.5. The van der Waals surface area contributed by atoms with E-state index in [1.165, 1.54) is 0 Å². The van der Waals surface area contributed by atoms with E-state index in [1.807, 2.05) is 30.3 Å². The molecule has 0 aromatic heterocycles. The zero-order valence-corrected chi connectivity index (χ0v) is 7.29. The molecule has 0 bridgehead atoms. The molecule has 0 saturated carbocycles. The number of aliphatic hydroxyl groups excluding tert-OH is 1. The zero-order valence-electron chi connectivity index (χ0n) is 6.47.